The first-order chi connectivity index (χ1) is 9.25. The van der Waals surface area contributed by atoms with Crippen molar-refractivity contribution >= 4 is 0 Å². The maximum atomic E-state index is 5.72. The van der Waals surface area contributed by atoms with Crippen molar-refractivity contribution in [2.75, 3.05) is 6.54 Å². The standard InChI is InChI=1S/C17H22N2/c1-14(18)11-12-19-13-15-7-9-17(10-8-15)16-5-3-2-4-6-16/h2-10,14,19H,11-13,18H2,1H3. The fourth-order valence-corrected chi connectivity index (χ4v) is 2.01. The van der Waals surface area contributed by atoms with E-state index in [1.807, 2.05) is 13.0 Å². The molecule has 0 bridgehead atoms. The van der Waals surface area contributed by atoms with Gasteiger partial charge in [-0.2, -0.15) is 0 Å². The maximum Gasteiger partial charge on any atom is 0.0205 e. The molecule has 2 heteroatoms. The largest absolute Gasteiger partial charge is 0.328 e. The zero-order valence-corrected chi connectivity index (χ0v) is 11.5. The lowest BCUT2D eigenvalue weighted by Gasteiger charge is -2.08. The van der Waals surface area contributed by atoms with Crippen molar-refractivity contribution in [3.8, 4) is 11.1 Å². The van der Waals surface area contributed by atoms with Crippen LogP contribution in [0.4, 0.5) is 0 Å². The number of hydrogen-bond donors (Lipinski definition) is 2. The van der Waals surface area contributed by atoms with Gasteiger partial charge in [-0.05, 0) is 36.6 Å². The second kappa shape index (κ2) is 7.07. The molecule has 3 N–H and O–H groups in total. The lowest BCUT2D eigenvalue weighted by atomic mass is 10.0. The van der Waals surface area contributed by atoms with E-state index in [0.29, 0.717) is 0 Å². The van der Waals surface area contributed by atoms with Crippen molar-refractivity contribution in [2.24, 2.45) is 5.73 Å². The van der Waals surface area contributed by atoms with Crippen LogP contribution in [0.2, 0.25) is 0 Å². The molecule has 1 atom stereocenters. The first-order valence-electron chi connectivity index (χ1n) is 6.86. The highest BCUT2D eigenvalue weighted by Gasteiger charge is 1.98. The van der Waals surface area contributed by atoms with Crippen LogP contribution in [0.5, 0.6) is 0 Å². The van der Waals surface area contributed by atoms with E-state index in [2.05, 4.69) is 53.8 Å². The number of nitrogens with two attached hydrogens (primary N) is 1. The van der Waals surface area contributed by atoms with Gasteiger partial charge in [0.05, 0.1) is 0 Å². The average Bonchev–Trinajstić information content (AvgIpc) is 2.45. The summed E-state index contributed by atoms with van der Waals surface area (Å²) in [5.41, 5.74) is 9.55. The van der Waals surface area contributed by atoms with Crippen LogP contribution in [0.1, 0.15) is 18.9 Å². The predicted molar refractivity (Wildman–Crippen MR) is 81.9 cm³/mol. The molecule has 2 rings (SSSR count). The van der Waals surface area contributed by atoms with Gasteiger partial charge in [-0.25, -0.2) is 0 Å². The Morgan fingerprint density at radius 1 is 0.947 bits per heavy atom. The molecule has 0 saturated heterocycles. The van der Waals surface area contributed by atoms with Crippen molar-refractivity contribution in [1.82, 2.24) is 5.32 Å². The summed E-state index contributed by atoms with van der Waals surface area (Å²) in [5, 5.41) is 3.41. The van der Waals surface area contributed by atoms with Crippen LogP contribution in [-0.2, 0) is 6.54 Å². The Balaban J connectivity index is 1.88. The Kier molecular flexibility index (Phi) is 5.13. The molecule has 100 valence electrons. The molecule has 0 spiro atoms. The van der Waals surface area contributed by atoms with Crippen molar-refractivity contribution in [3.63, 3.8) is 0 Å². The van der Waals surface area contributed by atoms with Gasteiger partial charge in [-0.1, -0.05) is 54.6 Å². The van der Waals surface area contributed by atoms with Crippen molar-refractivity contribution in [3.05, 3.63) is 60.2 Å². The van der Waals surface area contributed by atoms with Gasteiger partial charge in [0.2, 0.25) is 0 Å². The number of nitrogens with one attached hydrogen (secondary N) is 1. The summed E-state index contributed by atoms with van der Waals surface area (Å²) in [7, 11) is 0. The molecule has 0 amide bonds. The van der Waals surface area contributed by atoms with Crippen molar-refractivity contribution in [2.45, 2.75) is 25.9 Å². The number of benzene rings is 2. The third-order valence-corrected chi connectivity index (χ3v) is 3.17. The van der Waals surface area contributed by atoms with Gasteiger partial charge in [0.25, 0.3) is 0 Å². The fraction of sp³-hybridized carbons (Fsp3) is 0.294. The highest BCUT2D eigenvalue weighted by molar-refractivity contribution is 5.63. The smallest absolute Gasteiger partial charge is 0.0205 e. The normalized spacial score (nSPS) is 12.3. The fourth-order valence-electron chi connectivity index (χ4n) is 2.01. The van der Waals surface area contributed by atoms with Crippen molar-refractivity contribution < 1.29 is 0 Å². The molecule has 0 aliphatic heterocycles. The number of hydrogen-bond acceptors (Lipinski definition) is 2. The first-order valence-corrected chi connectivity index (χ1v) is 6.86. The van der Waals surface area contributed by atoms with Gasteiger partial charge >= 0.3 is 0 Å². The van der Waals surface area contributed by atoms with Crippen LogP contribution in [0, 0.1) is 0 Å². The molecular formula is C17H22N2. The summed E-state index contributed by atoms with van der Waals surface area (Å²) in [5.74, 6) is 0. The highest BCUT2D eigenvalue weighted by atomic mass is 14.9. The third kappa shape index (κ3) is 4.51. The zero-order valence-electron chi connectivity index (χ0n) is 11.5. The molecule has 2 aromatic rings. The van der Waals surface area contributed by atoms with Crippen LogP contribution < -0.4 is 11.1 Å². The summed E-state index contributed by atoms with van der Waals surface area (Å²) >= 11 is 0. The Bertz CT molecular complexity index is 474. The molecule has 0 saturated carbocycles. The minimum absolute atomic E-state index is 0.271. The molecule has 0 fully saturated rings. The molecular weight excluding hydrogens is 232 g/mol. The van der Waals surface area contributed by atoms with Crippen LogP contribution >= 0.6 is 0 Å². The number of rotatable bonds is 6. The summed E-state index contributed by atoms with van der Waals surface area (Å²) < 4.78 is 0. The van der Waals surface area contributed by atoms with Gasteiger partial charge in [-0.15, -0.1) is 0 Å². The monoisotopic (exact) mass is 254 g/mol. The molecule has 0 radical (unpaired) electrons. The molecule has 0 aliphatic carbocycles. The van der Waals surface area contributed by atoms with Crippen molar-refractivity contribution in [1.29, 1.82) is 0 Å². The lowest BCUT2D eigenvalue weighted by molar-refractivity contribution is 0.589. The molecule has 1 unspecified atom stereocenters. The second-order valence-corrected chi connectivity index (χ2v) is 5.01. The topological polar surface area (TPSA) is 38.0 Å². The van der Waals surface area contributed by atoms with E-state index in [1.54, 1.807) is 0 Å². The summed E-state index contributed by atoms with van der Waals surface area (Å²) in [4.78, 5) is 0. The van der Waals surface area contributed by atoms with Gasteiger partial charge < -0.3 is 11.1 Å². The highest BCUT2D eigenvalue weighted by Crippen LogP contribution is 2.19. The minimum Gasteiger partial charge on any atom is -0.328 e. The summed E-state index contributed by atoms with van der Waals surface area (Å²) in [6, 6.07) is 19.4. The van der Waals surface area contributed by atoms with E-state index < -0.39 is 0 Å². The van der Waals surface area contributed by atoms with Crippen LogP contribution in [-0.4, -0.2) is 12.6 Å². The van der Waals surface area contributed by atoms with E-state index in [0.717, 1.165) is 19.5 Å². The molecule has 19 heavy (non-hydrogen) atoms. The quantitative estimate of drug-likeness (QED) is 0.777. The van der Waals surface area contributed by atoms with Crippen LogP contribution in [0.15, 0.2) is 54.6 Å². The summed E-state index contributed by atoms with van der Waals surface area (Å²) in [6.45, 7) is 3.91. The van der Waals surface area contributed by atoms with Crippen LogP contribution in [0.25, 0.3) is 11.1 Å². The predicted octanol–water partition coefficient (Wildman–Crippen LogP) is 3.18. The Hall–Kier alpha value is -1.64. The Morgan fingerprint density at radius 2 is 1.58 bits per heavy atom. The molecule has 0 aromatic heterocycles. The Morgan fingerprint density at radius 3 is 2.21 bits per heavy atom. The maximum absolute atomic E-state index is 5.72. The molecule has 0 heterocycles. The SMILES string of the molecule is CC(N)CCNCc1ccc(-c2ccccc2)cc1. The summed E-state index contributed by atoms with van der Waals surface area (Å²) in [6.07, 6.45) is 1.02. The van der Waals surface area contributed by atoms with Gasteiger partial charge in [-0.3, -0.25) is 0 Å². The van der Waals surface area contributed by atoms with E-state index in [4.69, 9.17) is 5.73 Å². The molecule has 2 nitrogen and oxygen atoms in total. The zero-order chi connectivity index (χ0) is 13.5. The van der Waals surface area contributed by atoms with E-state index >= 15 is 0 Å². The van der Waals surface area contributed by atoms with Gasteiger partial charge in [0, 0.05) is 12.6 Å². The van der Waals surface area contributed by atoms with Crippen LogP contribution in [0.3, 0.4) is 0 Å². The molecule has 0 aliphatic rings. The second-order valence-electron chi connectivity index (χ2n) is 5.01. The van der Waals surface area contributed by atoms with Gasteiger partial charge in [0.1, 0.15) is 0 Å². The first kappa shape index (κ1) is 13.8. The van der Waals surface area contributed by atoms with E-state index in [-0.39, 0.29) is 6.04 Å². The van der Waals surface area contributed by atoms with E-state index in [1.165, 1.54) is 16.7 Å². The minimum atomic E-state index is 0.271. The van der Waals surface area contributed by atoms with Gasteiger partial charge in [0.15, 0.2) is 0 Å². The Labute approximate surface area is 115 Å². The average molecular weight is 254 g/mol. The molecule has 2 aromatic carbocycles. The third-order valence-electron chi connectivity index (χ3n) is 3.17. The van der Waals surface area contributed by atoms with E-state index in [9.17, 15) is 0 Å². The lowest BCUT2D eigenvalue weighted by Crippen LogP contribution is -2.23.